The average Bonchev–Trinajstić information content (AvgIpc) is 2.01. The largest absolute Gasteiger partial charge is 0.481 e. The molecular weight excluding hydrogens is 184 g/mol. The molecule has 1 amide bonds. The molecule has 0 heterocycles. The molecule has 0 aliphatic rings. The lowest BCUT2D eigenvalue weighted by Gasteiger charge is -2.02. The third-order valence-corrected chi connectivity index (χ3v) is 1.54. The minimum Gasteiger partial charge on any atom is -0.481 e. The molecule has 0 aliphatic heterocycles. The van der Waals surface area contributed by atoms with Crippen molar-refractivity contribution in [2.24, 2.45) is 5.73 Å². The molecule has 0 spiro atoms. The van der Waals surface area contributed by atoms with Crippen molar-refractivity contribution in [3.63, 3.8) is 0 Å². The summed E-state index contributed by atoms with van der Waals surface area (Å²) in [5.41, 5.74) is 4.85. The second-order valence-electron chi connectivity index (χ2n) is 3.04. The first-order valence-corrected chi connectivity index (χ1v) is 4.50. The van der Waals surface area contributed by atoms with Gasteiger partial charge in [0.25, 0.3) is 0 Å². The highest BCUT2D eigenvalue weighted by atomic mass is 16.5. The van der Waals surface area contributed by atoms with E-state index in [1.54, 1.807) is 6.92 Å². The number of nitrogens with one attached hydrogen (secondary N) is 1. The van der Waals surface area contributed by atoms with E-state index < -0.39 is 5.91 Å². The predicted octanol–water partition coefficient (Wildman–Crippen LogP) is 0.615. The zero-order valence-corrected chi connectivity index (χ0v) is 8.34. The van der Waals surface area contributed by atoms with Gasteiger partial charge in [-0.2, -0.15) is 0 Å². The van der Waals surface area contributed by atoms with Crippen molar-refractivity contribution in [1.82, 2.24) is 0 Å². The Labute approximate surface area is 83.1 Å². The minimum absolute atomic E-state index is 0.135. The summed E-state index contributed by atoms with van der Waals surface area (Å²) in [4.78, 5) is 21.3. The fourth-order valence-corrected chi connectivity index (χ4v) is 0.932. The maximum absolute atomic E-state index is 11.0. The topological polar surface area (TPSA) is 93.2 Å². The number of ether oxygens (including phenoxy) is 1. The molecule has 0 radical (unpaired) electrons. The van der Waals surface area contributed by atoms with E-state index in [2.05, 4.69) is 0 Å². The molecule has 0 bridgehead atoms. The molecule has 0 aromatic heterocycles. The van der Waals surface area contributed by atoms with Crippen LogP contribution in [0.5, 0.6) is 0 Å². The highest BCUT2D eigenvalue weighted by molar-refractivity contribution is 5.97. The number of primary amides is 1. The molecule has 0 aromatic rings. The van der Waals surface area contributed by atoms with E-state index in [-0.39, 0.29) is 18.1 Å². The summed E-state index contributed by atoms with van der Waals surface area (Å²) < 4.78 is 4.89. The van der Waals surface area contributed by atoms with Crippen LogP contribution in [0.15, 0.2) is 0 Å². The van der Waals surface area contributed by atoms with E-state index in [1.165, 1.54) is 0 Å². The van der Waals surface area contributed by atoms with Gasteiger partial charge in [0.2, 0.25) is 5.91 Å². The maximum Gasteiger partial charge on any atom is 0.224 e. The summed E-state index contributed by atoms with van der Waals surface area (Å²) in [7, 11) is 0. The second-order valence-corrected chi connectivity index (χ2v) is 3.04. The Morgan fingerprint density at radius 1 is 1.36 bits per heavy atom. The van der Waals surface area contributed by atoms with Crippen molar-refractivity contribution in [1.29, 1.82) is 5.41 Å². The molecule has 0 rings (SSSR count). The Bertz CT molecular complexity index is 226. The summed E-state index contributed by atoms with van der Waals surface area (Å²) >= 11 is 0. The third kappa shape index (κ3) is 8.70. The monoisotopic (exact) mass is 200 g/mol. The van der Waals surface area contributed by atoms with Gasteiger partial charge >= 0.3 is 0 Å². The number of ketones is 1. The predicted molar refractivity (Wildman–Crippen MR) is 52.0 cm³/mol. The molecule has 5 heteroatoms. The van der Waals surface area contributed by atoms with Crippen LogP contribution in [-0.4, -0.2) is 24.2 Å². The Morgan fingerprint density at radius 3 is 2.50 bits per heavy atom. The molecule has 3 N–H and O–H groups in total. The summed E-state index contributed by atoms with van der Waals surface area (Å²) in [5, 5.41) is 6.96. The molecule has 0 aromatic carbocycles. The Hall–Kier alpha value is -1.39. The zero-order chi connectivity index (χ0) is 11.0. The summed E-state index contributed by atoms with van der Waals surface area (Å²) in [6, 6.07) is 0. The molecule has 14 heavy (non-hydrogen) atoms. The number of carbonyl (C=O) groups excluding carboxylic acids is 2. The number of carbonyl (C=O) groups is 2. The zero-order valence-electron chi connectivity index (χ0n) is 8.34. The lowest BCUT2D eigenvalue weighted by atomic mass is 10.1. The van der Waals surface area contributed by atoms with Gasteiger partial charge in [0.05, 0.1) is 13.0 Å². The van der Waals surface area contributed by atoms with Gasteiger partial charge in [-0.25, -0.2) is 0 Å². The van der Waals surface area contributed by atoms with Crippen LogP contribution < -0.4 is 5.73 Å². The second kappa shape index (κ2) is 7.06. The molecule has 0 atom stereocenters. The van der Waals surface area contributed by atoms with Crippen molar-refractivity contribution in [2.45, 2.75) is 32.6 Å². The normalized spacial score (nSPS) is 9.50. The van der Waals surface area contributed by atoms with E-state index in [9.17, 15) is 9.59 Å². The number of hydrogen-bond acceptors (Lipinski definition) is 4. The lowest BCUT2D eigenvalue weighted by molar-refractivity contribution is -0.126. The average molecular weight is 200 g/mol. The molecule has 0 unspecified atom stereocenters. The fourth-order valence-electron chi connectivity index (χ4n) is 0.932. The van der Waals surface area contributed by atoms with Crippen molar-refractivity contribution < 1.29 is 14.3 Å². The molecule has 80 valence electrons. The highest BCUT2D eigenvalue weighted by Crippen LogP contribution is 1.99. The quantitative estimate of drug-likeness (QED) is 0.273. The number of nitrogens with two attached hydrogens (primary N) is 1. The van der Waals surface area contributed by atoms with Gasteiger partial charge in [-0.1, -0.05) is 0 Å². The van der Waals surface area contributed by atoms with E-state index in [0.717, 1.165) is 0 Å². The van der Waals surface area contributed by atoms with Crippen molar-refractivity contribution in [3.05, 3.63) is 0 Å². The van der Waals surface area contributed by atoms with Crippen LogP contribution in [0, 0.1) is 5.41 Å². The van der Waals surface area contributed by atoms with E-state index >= 15 is 0 Å². The molecule has 0 aliphatic carbocycles. The molecule has 0 fully saturated rings. The maximum atomic E-state index is 11.0. The molecule has 0 saturated carbocycles. The Morgan fingerprint density at radius 2 is 2.00 bits per heavy atom. The smallest absolute Gasteiger partial charge is 0.224 e. The standard InChI is InChI=1S/C9H16N2O3/c1-7(10)14-5-3-2-4-8(12)6-9(11)13/h10H,2-6H2,1H3,(H2,11,13). The van der Waals surface area contributed by atoms with Gasteiger partial charge in [0.15, 0.2) is 5.90 Å². The first kappa shape index (κ1) is 12.6. The number of Topliss-reactive ketones (excluding diaryl/α,β-unsaturated/α-hetero) is 1. The summed E-state index contributed by atoms with van der Waals surface area (Å²) in [6.45, 7) is 2.00. The van der Waals surface area contributed by atoms with Gasteiger partial charge in [0.1, 0.15) is 5.78 Å². The first-order valence-electron chi connectivity index (χ1n) is 4.50. The lowest BCUT2D eigenvalue weighted by Crippen LogP contribution is -2.16. The Kier molecular flexibility index (Phi) is 6.36. The summed E-state index contributed by atoms with van der Waals surface area (Å²) in [6.07, 6.45) is 1.55. The summed E-state index contributed by atoms with van der Waals surface area (Å²) in [5.74, 6) is -0.542. The Balaban J connectivity index is 3.32. The number of rotatable bonds is 7. The van der Waals surface area contributed by atoms with Crippen LogP contribution in [0.3, 0.4) is 0 Å². The fraction of sp³-hybridized carbons (Fsp3) is 0.667. The van der Waals surface area contributed by atoms with Crippen LogP contribution in [0.4, 0.5) is 0 Å². The first-order chi connectivity index (χ1) is 6.52. The van der Waals surface area contributed by atoms with E-state index in [0.29, 0.717) is 25.9 Å². The van der Waals surface area contributed by atoms with Crippen LogP contribution >= 0.6 is 0 Å². The van der Waals surface area contributed by atoms with Crippen molar-refractivity contribution in [3.8, 4) is 0 Å². The minimum atomic E-state index is -0.582. The van der Waals surface area contributed by atoms with Gasteiger partial charge in [-0.15, -0.1) is 0 Å². The number of unbranched alkanes of at least 4 members (excludes halogenated alkanes) is 1. The van der Waals surface area contributed by atoms with Crippen molar-refractivity contribution in [2.75, 3.05) is 6.61 Å². The van der Waals surface area contributed by atoms with Gasteiger partial charge in [0, 0.05) is 13.3 Å². The molecule has 0 saturated heterocycles. The van der Waals surface area contributed by atoms with Crippen LogP contribution in [0.2, 0.25) is 0 Å². The molecular formula is C9H16N2O3. The van der Waals surface area contributed by atoms with Crippen LogP contribution in [0.1, 0.15) is 32.6 Å². The van der Waals surface area contributed by atoms with Gasteiger partial charge in [-0.05, 0) is 12.8 Å². The van der Waals surface area contributed by atoms with Gasteiger partial charge < -0.3 is 10.5 Å². The van der Waals surface area contributed by atoms with E-state index in [1.807, 2.05) is 0 Å². The molecule has 5 nitrogen and oxygen atoms in total. The number of hydrogen-bond donors (Lipinski definition) is 2. The third-order valence-electron chi connectivity index (χ3n) is 1.54. The highest BCUT2D eigenvalue weighted by Gasteiger charge is 2.05. The number of amides is 1. The van der Waals surface area contributed by atoms with Crippen LogP contribution in [-0.2, 0) is 14.3 Å². The van der Waals surface area contributed by atoms with Crippen LogP contribution in [0.25, 0.3) is 0 Å². The van der Waals surface area contributed by atoms with Gasteiger partial charge in [-0.3, -0.25) is 15.0 Å². The SMILES string of the molecule is CC(=N)OCCCCC(=O)CC(N)=O. The van der Waals surface area contributed by atoms with Crippen molar-refractivity contribution >= 4 is 17.6 Å². The van der Waals surface area contributed by atoms with E-state index in [4.69, 9.17) is 15.9 Å².